The molecule has 1 aromatic carbocycles. The van der Waals surface area contributed by atoms with Crippen LogP contribution in [-0.4, -0.2) is 52.8 Å². The number of nitrogens with zero attached hydrogens (tertiary/aromatic N) is 6. The molecule has 1 fully saturated rings. The van der Waals surface area contributed by atoms with Crippen molar-refractivity contribution < 1.29 is 13.9 Å². The lowest BCUT2D eigenvalue weighted by molar-refractivity contribution is 0.0195. The third kappa shape index (κ3) is 3.95. The molecule has 8 nitrogen and oxygen atoms in total. The molecule has 10 heteroatoms. The van der Waals surface area contributed by atoms with Gasteiger partial charge < -0.3 is 10.4 Å². The molecule has 162 valence electrons. The van der Waals surface area contributed by atoms with Gasteiger partial charge in [0.25, 0.3) is 6.43 Å². The van der Waals surface area contributed by atoms with Gasteiger partial charge in [0.1, 0.15) is 12.1 Å². The lowest BCUT2D eigenvalue weighted by Crippen LogP contribution is -2.36. The highest BCUT2D eigenvalue weighted by molar-refractivity contribution is 5.87. The topological polar surface area (TPSA) is 93.2 Å². The number of halogens is 2. The van der Waals surface area contributed by atoms with Crippen molar-refractivity contribution >= 4 is 22.5 Å². The molecular weight excluding hydrogens is 404 g/mol. The predicted octanol–water partition coefficient (Wildman–Crippen LogP) is 3.51. The summed E-state index contributed by atoms with van der Waals surface area (Å²) in [6, 6.07) is 7.64. The van der Waals surface area contributed by atoms with Crippen molar-refractivity contribution in [2.24, 2.45) is 0 Å². The van der Waals surface area contributed by atoms with Crippen molar-refractivity contribution in [3.63, 3.8) is 0 Å². The summed E-state index contributed by atoms with van der Waals surface area (Å²) in [6.45, 7) is 1.38. The number of hydrogen-bond donors (Lipinski definition) is 2. The summed E-state index contributed by atoms with van der Waals surface area (Å²) < 4.78 is 28.6. The van der Waals surface area contributed by atoms with Gasteiger partial charge in [0.05, 0.1) is 22.8 Å². The Morgan fingerprint density at radius 2 is 2.03 bits per heavy atom. The molecule has 1 saturated carbocycles. The Hall–Kier alpha value is -3.14. The highest BCUT2D eigenvalue weighted by atomic mass is 19.3. The van der Waals surface area contributed by atoms with E-state index in [1.807, 2.05) is 31.3 Å². The molecule has 0 atom stereocenters. The van der Waals surface area contributed by atoms with E-state index in [9.17, 15) is 13.9 Å². The zero-order chi connectivity index (χ0) is 21.6. The average Bonchev–Trinajstić information content (AvgIpc) is 3.33. The van der Waals surface area contributed by atoms with Crippen LogP contribution in [0.4, 0.5) is 14.7 Å². The van der Waals surface area contributed by atoms with Gasteiger partial charge in [-0.25, -0.2) is 23.0 Å². The zero-order valence-corrected chi connectivity index (χ0v) is 17.0. The Morgan fingerprint density at radius 3 is 2.81 bits per heavy atom. The smallest absolute Gasteiger partial charge is 0.258 e. The molecule has 5 rings (SSSR count). The quantitative estimate of drug-likeness (QED) is 0.506. The first-order chi connectivity index (χ1) is 14.9. The average molecular weight is 427 g/mol. The van der Waals surface area contributed by atoms with Crippen molar-refractivity contribution in [3.05, 3.63) is 36.7 Å². The fraction of sp³-hybridized carbons (Fsp3) is 0.429. The second-order valence-corrected chi connectivity index (χ2v) is 8.42. The second-order valence-electron chi connectivity index (χ2n) is 8.42. The fourth-order valence-electron chi connectivity index (χ4n) is 4.18. The molecule has 0 unspecified atom stereocenters. The maximum Gasteiger partial charge on any atom is 0.258 e. The van der Waals surface area contributed by atoms with Crippen LogP contribution in [0.2, 0.25) is 0 Å². The Labute approximate surface area is 176 Å². The molecule has 1 aliphatic carbocycles. The first-order valence-corrected chi connectivity index (χ1v) is 10.3. The molecule has 2 N–H and O–H groups in total. The van der Waals surface area contributed by atoms with Gasteiger partial charge in [-0.15, -0.1) is 10.2 Å². The fourth-order valence-corrected chi connectivity index (χ4v) is 4.18. The number of aromatic nitrogens is 6. The number of anilines is 1. The normalized spacial score (nSPS) is 21.9. The van der Waals surface area contributed by atoms with Crippen molar-refractivity contribution in [1.82, 2.24) is 29.6 Å². The van der Waals surface area contributed by atoms with Crippen LogP contribution >= 0.6 is 0 Å². The van der Waals surface area contributed by atoms with Crippen molar-refractivity contribution in [2.45, 2.75) is 57.2 Å². The van der Waals surface area contributed by atoms with Crippen LogP contribution in [0.3, 0.4) is 0 Å². The SMILES string of the molecule is CC1(O)CCC(Nc2ncc3c(-c4ccc5nnn(CC(F)F)c5c4)ccn3n2)CC1. The summed E-state index contributed by atoms with van der Waals surface area (Å²) in [7, 11) is 0. The summed E-state index contributed by atoms with van der Waals surface area (Å²) in [5, 5.41) is 25.8. The van der Waals surface area contributed by atoms with E-state index in [4.69, 9.17) is 0 Å². The van der Waals surface area contributed by atoms with Gasteiger partial charge >= 0.3 is 0 Å². The number of aliphatic hydroxyl groups is 1. The predicted molar refractivity (Wildman–Crippen MR) is 112 cm³/mol. The lowest BCUT2D eigenvalue weighted by Gasteiger charge is -2.33. The summed E-state index contributed by atoms with van der Waals surface area (Å²) in [5.41, 5.74) is 3.11. The minimum atomic E-state index is -2.50. The molecule has 3 heterocycles. The second kappa shape index (κ2) is 7.52. The van der Waals surface area contributed by atoms with Crippen molar-refractivity contribution in [2.75, 3.05) is 5.32 Å². The zero-order valence-electron chi connectivity index (χ0n) is 17.0. The third-order valence-electron chi connectivity index (χ3n) is 5.95. The van der Waals surface area contributed by atoms with Gasteiger partial charge in [-0.2, -0.15) is 0 Å². The van der Waals surface area contributed by atoms with Crippen molar-refractivity contribution in [1.29, 1.82) is 0 Å². The van der Waals surface area contributed by atoms with Crippen LogP contribution in [-0.2, 0) is 6.54 Å². The van der Waals surface area contributed by atoms with Crippen LogP contribution in [0.5, 0.6) is 0 Å². The van der Waals surface area contributed by atoms with Crippen LogP contribution in [0.15, 0.2) is 36.7 Å². The van der Waals surface area contributed by atoms with Gasteiger partial charge in [0, 0.05) is 17.8 Å². The molecule has 0 bridgehead atoms. The van der Waals surface area contributed by atoms with Crippen molar-refractivity contribution in [3.8, 4) is 11.1 Å². The van der Waals surface area contributed by atoms with Crippen LogP contribution < -0.4 is 5.32 Å². The summed E-state index contributed by atoms with van der Waals surface area (Å²) in [5.74, 6) is 0.538. The summed E-state index contributed by atoms with van der Waals surface area (Å²) in [6.07, 6.45) is 4.33. The third-order valence-corrected chi connectivity index (χ3v) is 5.95. The van der Waals surface area contributed by atoms with E-state index >= 15 is 0 Å². The van der Waals surface area contributed by atoms with Crippen LogP contribution in [0.1, 0.15) is 32.6 Å². The van der Waals surface area contributed by atoms with Gasteiger partial charge in [-0.05, 0) is 56.4 Å². The van der Waals surface area contributed by atoms with E-state index in [0.717, 1.165) is 42.3 Å². The van der Waals surface area contributed by atoms with E-state index in [2.05, 4.69) is 25.7 Å². The molecule has 4 aromatic rings. The Kier molecular flexibility index (Phi) is 4.81. The van der Waals surface area contributed by atoms with E-state index in [1.165, 1.54) is 4.68 Å². The van der Waals surface area contributed by atoms with E-state index in [1.54, 1.807) is 16.8 Å². The minimum Gasteiger partial charge on any atom is -0.390 e. The molecule has 31 heavy (non-hydrogen) atoms. The van der Waals surface area contributed by atoms with Crippen LogP contribution in [0, 0.1) is 0 Å². The minimum absolute atomic E-state index is 0.234. The number of hydrogen-bond acceptors (Lipinski definition) is 6. The molecule has 0 saturated heterocycles. The Balaban J connectivity index is 1.41. The van der Waals surface area contributed by atoms with Gasteiger partial charge in [0.2, 0.25) is 5.95 Å². The molecular formula is C21H23F2N7O. The highest BCUT2D eigenvalue weighted by Gasteiger charge is 2.29. The number of fused-ring (bicyclic) bond motifs is 2. The standard InChI is InChI=1S/C21H23F2N7O/c1-21(31)7-4-14(5-8-21)25-20-24-11-18-15(6-9-29(18)27-20)13-2-3-16-17(10-13)30(28-26-16)12-19(22)23/h2-3,6,9-11,14,19,31H,4-5,7-8,12H2,1H3,(H,25,27). The molecule has 0 amide bonds. The monoisotopic (exact) mass is 427 g/mol. The number of nitrogens with one attached hydrogen (secondary N) is 1. The molecule has 0 aliphatic heterocycles. The van der Waals surface area contributed by atoms with Gasteiger partial charge in [0.15, 0.2) is 0 Å². The Morgan fingerprint density at radius 1 is 1.23 bits per heavy atom. The highest BCUT2D eigenvalue weighted by Crippen LogP contribution is 2.30. The number of rotatable bonds is 5. The summed E-state index contributed by atoms with van der Waals surface area (Å²) >= 11 is 0. The molecule has 0 spiro atoms. The van der Waals surface area contributed by atoms with E-state index in [0.29, 0.717) is 17.0 Å². The number of alkyl halides is 2. The maximum atomic E-state index is 12.8. The van der Waals surface area contributed by atoms with Gasteiger partial charge in [-0.3, -0.25) is 0 Å². The maximum absolute atomic E-state index is 12.8. The first-order valence-electron chi connectivity index (χ1n) is 10.3. The number of benzene rings is 1. The summed E-state index contributed by atoms with van der Waals surface area (Å²) in [4.78, 5) is 4.47. The molecule has 1 aliphatic rings. The molecule has 3 aromatic heterocycles. The lowest BCUT2D eigenvalue weighted by atomic mass is 9.84. The Bertz CT molecular complexity index is 1220. The first kappa shape index (κ1) is 19.8. The van der Waals surface area contributed by atoms with E-state index < -0.39 is 18.6 Å². The molecule has 0 radical (unpaired) electrons. The van der Waals surface area contributed by atoms with Crippen LogP contribution in [0.25, 0.3) is 27.7 Å². The van der Waals surface area contributed by atoms with E-state index in [-0.39, 0.29) is 6.04 Å². The largest absolute Gasteiger partial charge is 0.390 e. The van der Waals surface area contributed by atoms with Gasteiger partial charge in [-0.1, -0.05) is 11.3 Å².